The van der Waals surface area contributed by atoms with Crippen molar-refractivity contribution in [2.24, 2.45) is 16.4 Å². The fraction of sp³-hybridized carbons (Fsp3) is 0.250. The van der Waals surface area contributed by atoms with E-state index in [1.54, 1.807) is 43.3 Å². The first-order valence-corrected chi connectivity index (χ1v) is 14.6. The molecule has 1 amide bonds. The van der Waals surface area contributed by atoms with Gasteiger partial charge >= 0.3 is 5.69 Å². The standard InChI is InChI=1S/C32H25BrN4O6/c1-17-27(37(40)41)30(43-35-17)25-26(20-12-6-8-14-23(20)33)32(18(2)34-36(31(32)39)19-10-4-3-5-11-19)16-22-28(38)21-13-7-9-15-24(21)42-29(22)25/h3-15,22,25-26,29H,16H2,1-2H3/t22-,25-,26-,29-,32-/m1/s1. The summed E-state index contributed by atoms with van der Waals surface area (Å²) in [5.41, 5.74) is 0.613. The number of aromatic nitrogens is 1. The Hall–Kier alpha value is -4.64. The van der Waals surface area contributed by atoms with Gasteiger partial charge in [0, 0.05) is 10.4 Å². The number of rotatable bonds is 4. The molecule has 11 heteroatoms. The second kappa shape index (κ2) is 9.98. The molecule has 1 fully saturated rings. The zero-order valence-electron chi connectivity index (χ0n) is 23.1. The lowest BCUT2D eigenvalue weighted by molar-refractivity contribution is -0.387. The number of hydrazone groups is 1. The van der Waals surface area contributed by atoms with E-state index < -0.39 is 34.2 Å². The lowest BCUT2D eigenvalue weighted by Crippen LogP contribution is -2.58. The van der Waals surface area contributed by atoms with Gasteiger partial charge < -0.3 is 9.26 Å². The maximum atomic E-state index is 14.9. The van der Waals surface area contributed by atoms with Crippen LogP contribution in [0, 0.1) is 28.4 Å². The minimum absolute atomic E-state index is 0.0386. The normalized spacial score (nSPS) is 26.1. The number of hydrogen-bond acceptors (Lipinski definition) is 8. The van der Waals surface area contributed by atoms with E-state index >= 15 is 0 Å². The molecule has 0 unspecified atom stereocenters. The van der Waals surface area contributed by atoms with Crippen molar-refractivity contribution in [1.29, 1.82) is 0 Å². The smallest absolute Gasteiger partial charge is 0.334 e. The van der Waals surface area contributed by atoms with Gasteiger partial charge in [-0.3, -0.25) is 19.7 Å². The summed E-state index contributed by atoms with van der Waals surface area (Å²) < 4.78 is 13.1. The summed E-state index contributed by atoms with van der Waals surface area (Å²) in [5, 5.41) is 22.6. The molecule has 1 aromatic heterocycles. The van der Waals surface area contributed by atoms with Crippen LogP contribution in [0.25, 0.3) is 0 Å². The number of hydrogen-bond donors (Lipinski definition) is 0. The third kappa shape index (κ3) is 3.91. The number of benzene rings is 3. The van der Waals surface area contributed by atoms with Gasteiger partial charge in [0.25, 0.3) is 5.91 Å². The second-order valence-electron chi connectivity index (χ2n) is 11.1. The highest BCUT2D eigenvalue weighted by Gasteiger charge is 2.67. The Morgan fingerprint density at radius 3 is 2.44 bits per heavy atom. The lowest BCUT2D eigenvalue weighted by Gasteiger charge is -2.51. The van der Waals surface area contributed by atoms with E-state index in [0.717, 1.165) is 0 Å². The molecule has 43 heavy (non-hydrogen) atoms. The monoisotopic (exact) mass is 640 g/mol. The molecule has 1 saturated carbocycles. The Morgan fingerprint density at radius 1 is 1.00 bits per heavy atom. The van der Waals surface area contributed by atoms with Crippen LogP contribution in [-0.2, 0) is 4.79 Å². The first kappa shape index (κ1) is 27.2. The van der Waals surface area contributed by atoms with Crippen LogP contribution < -0.4 is 9.75 Å². The highest BCUT2D eigenvalue weighted by molar-refractivity contribution is 9.10. The van der Waals surface area contributed by atoms with Crippen LogP contribution in [0.3, 0.4) is 0 Å². The van der Waals surface area contributed by atoms with Gasteiger partial charge in [0.15, 0.2) is 11.5 Å². The van der Waals surface area contributed by atoms with E-state index in [9.17, 15) is 19.7 Å². The van der Waals surface area contributed by atoms with E-state index in [2.05, 4.69) is 21.1 Å². The van der Waals surface area contributed by atoms with Gasteiger partial charge in [0.2, 0.25) is 5.76 Å². The third-order valence-electron chi connectivity index (χ3n) is 8.99. The second-order valence-corrected chi connectivity index (χ2v) is 12.0. The number of carbonyl (C=O) groups is 2. The minimum atomic E-state index is -1.37. The summed E-state index contributed by atoms with van der Waals surface area (Å²) in [6.07, 6.45) is -0.797. The van der Waals surface area contributed by atoms with Gasteiger partial charge in [-0.05, 0) is 56.2 Å². The Morgan fingerprint density at radius 2 is 1.70 bits per heavy atom. The maximum Gasteiger partial charge on any atom is 0.334 e. The first-order valence-electron chi connectivity index (χ1n) is 13.8. The van der Waals surface area contributed by atoms with Gasteiger partial charge in [-0.25, -0.2) is 0 Å². The summed E-state index contributed by atoms with van der Waals surface area (Å²) in [5.74, 6) is -2.74. The third-order valence-corrected chi connectivity index (χ3v) is 9.71. The average molecular weight is 641 g/mol. The van der Waals surface area contributed by atoms with Gasteiger partial charge in [-0.15, -0.1) is 0 Å². The molecule has 0 bridgehead atoms. The van der Waals surface area contributed by atoms with E-state index in [1.807, 2.05) is 42.5 Å². The van der Waals surface area contributed by atoms with Crippen LogP contribution >= 0.6 is 15.9 Å². The number of anilines is 1. The molecule has 216 valence electrons. The van der Waals surface area contributed by atoms with Gasteiger partial charge in [0.05, 0.1) is 39.1 Å². The van der Waals surface area contributed by atoms with Crippen LogP contribution in [0.5, 0.6) is 5.75 Å². The van der Waals surface area contributed by atoms with Crippen molar-refractivity contribution in [3.05, 3.63) is 116 Å². The molecule has 1 aliphatic carbocycles. The molecule has 0 radical (unpaired) electrons. The van der Waals surface area contributed by atoms with Crippen molar-refractivity contribution in [3.63, 3.8) is 0 Å². The maximum absolute atomic E-state index is 14.9. The van der Waals surface area contributed by atoms with Gasteiger partial charge in [-0.1, -0.05) is 69.6 Å². The number of carbonyl (C=O) groups excluding carboxylic acids is 2. The topological polar surface area (TPSA) is 128 Å². The summed E-state index contributed by atoms with van der Waals surface area (Å²) in [6, 6.07) is 23.4. The van der Waals surface area contributed by atoms with E-state index in [0.29, 0.717) is 32.7 Å². The number of ketones is 1. The number of fused-ring (bicyclic) bond motifs is 2. The molecule has 3 aliphatic rings. The molecule has 4 aromatic rings. The SMILES string of the molecule is CC1=NN(c2ccccc2)C(=O)[C@]12C[C@@H]1C(=O)c3ccccc3O[C@H]1[C@H](c1onc(C)c1[N+](=O)[O-])[C@H]2c1ccccc1Br. The predicted molar refractivity (Wildman–Crippen MR) is 160 cm³/mol. The number of halogens is 1. The Labute approximate surface area is 254 Å². The number of Topliss-reactive ketones (excluding diaryl/α,β-unsaturated/α-hetero) is 1. The lowest BCUT2D eigenvalue weighted by atomic mass is 9.52. The average Bonchev–Trinajstić information content (AvgIpc) is 3.51. The van der Waals surface area contributed by atoms with Crippen molar-refractivity contribution >= 4 is 44.7 Å². The molecular weight excluding hydrogens is 616 g/mol. The van der Waals surface area contributed by atoms with Crippen LogP contribution in [0.1, 0.15) is 52.6 Å². The molecule has 0 N–H and O–H groups in total. The van der Waals surface area contributed by atoms with E-state index in [4.69, 9.17) is 14.4 Å². The summed E-state index contributed by atoms with van der Waals surface area (Å²) >= 11 is 3.69. The molecule has 5 atom stereocenters. The van der Waals surface area contributed by atoms with E-state index in [1.165, 1.54) is 11.9 Å². The summed E-state index contributed by atoms with van der Waals surface area (Å²) in [6.45, 7) is 3.28. The Kier molecular flexibility index (Phi) is 6.31. The van der Waals surface area contributed by atoms with Crippen LogP contribution in [0.4, 0.5) is 11.4 Å². The van der Waals surface area contributed by atoms with Crippen molar-refractivity contribution in [2.75, 3.05) is 5.01 Å². The number of ether oxygens (including phenoxy) is 1. The zero-order valence-corrected chi connectivity index (χ0v) is 24.7. The minimum Gasteiger partial charge on any atom is -0.488 e. The molecule has 7 rings (SSSR count). The molecule has 2 aliphatic heterocycles. The highest BCUT2D eigenvalue weighted by Crippen LogP contribution is 2.63. The Bertz CT molecular complexity index is 1840. The molecular formula is C32H25BrN4O6. The van der Waals surface area contributed by atoms with Crippen LogP contribution in [-0.4, -0.2) is 33.6 Å². The summed E-state index contributed by atoms with van der Waals surface area (Å²) in [7, 11) is 0. The number of para-hydroxylation sites is 2. The molecule has 0 saturated heterocycles. The quantitative estimate of drug-likeness (QED) is 0.182. The largest absolute Gasteiger partial charge is 0.488 e. The molecule has 10 nitrogen and oxygen atoms in total. The highest BCUT2D eigenvalue weighted by atomic mass is 79.9. The van der Waals surface area contributed by atoms with Crippen molar-refractivity contribution < 1.29 is 23.8 Å². The van der Waals surface area contributed by atoms with Crippen LogP contribution in [0.15, 0.2) is 93.0 Å². The molecule has 3 heterocycles. The number of aryl methyl sites for hydroxylation is 1. The zero-order chi connectivity index (χ0) is 30.0. The van der Waals surface area contributed by atoms with Crippen LogP contribution in [0.2, 0.25) is 0 Å². The number of nitro groups is 1. The first-order chi connectivity index (χ1) is 20.7. The fourth-order valence-corrected chi connectivity index (χ4v) is 7.66. The number of nitrogens with zero attached hydrogens (tertiary/aromatic N) is 4. The van der Waals surface area contributed by atoms with Gasteiger partial charge in [-0.2, -0.15) is 10.1 Å². The fourth-order valence-electron chi connectivity index (χ4n) is 7.13. The van der Waals surface area contributed by atoms with Crippen molar-refractivity contribution in [1.82, 2.24) is 5.16 Å². The van der Waals surface area contributed by atoms with Crippen molar-refractivity contribution in [3.8, 4) is 5.75 Å². The molecule has 1 spiro atoms. The Balaban J connectivity index is 1.53. The predicted octanol–water partition coefficient (Wildman–Crippen LogP) is 6.59. The number of amides is 1. The van der Waals surface area contributed by atoms with Crippen molar-refractivity contribution in [2.45, 2.75) is 38.2 Å². The van der Waals surface area contributed by atoms with Gasteiger partial charge in [0.1, 0.15) is 11.9 Å². The molecule has 3 aromatic carbocycles. The van der Waals surface area contributed by atoms with E-state index in [-0.39, 0.29) is 35.3 Å². The summed E-state index contributed by atoms with van der Waals surface area (Å²) in [4.78, 5) is 41.0.